The van der Waals surface area contributed by atoms with E-state index in [1.165, 1.54) is 0 Å². The van der Waals surface area contributed by atoms with E-state index in [2.05, 4.69) is 22.1 Å². The number of nitrogens with one attached hydrogen (secondary N) is 2. The number of piperazine rings is 1. The van der Waals surface area contributed by atoms with Gasteiger partial charge in [0.05, 0.1) is 0 Å². The summed E-state index contributed by atoms with van der Waals surface area (Å²) < 4.78 is 0. The zero-order chi connectivity index (χ0) is 8.81. The normalized spacial score (nSPS) is 25.6. The van der Waals surface area contributed by atoms with Crippen molar-refractivity contribution in [3.63, 3.8) is 0 Å². The van der Waals surface area contributed by atoms with Gasteiger partial charge in [-0.25, -0.2) is 0 Å². The minimum absolute atomic E-state index is 0.601. The summed E-state index contributed by atoms with van der Waals surface area (Å²) in [6.07, 6.45) is 1.97. The summed E-state index contributed by atoms with van der Waals surface area (Å²) in [5, 5.41) is 6.66. The van der Waals surface area contributed by atoms with Crippen LogP contribution >= 0.6 is 0 Å². The number of rotatable bonds is 4. The maximum atomic E-state index is 3.75. The molecule has 1 fully saturated rings. The Balaban J connectivity index is 2.24. The highest BCUT2D eigenvalue weighted by Crippen LogP contribution is 1.97. The van der Waals surface area contributed by atoms with Gasteiger partial charge in [-0.2, -0.15) is 0 Å². The predicted molar refractivity (Wildman–Crippen MR) is 52.4 cm³/mol. The second-order valence-electron chi connectivity index (χ2n) is 3.26. The summed E-state index contributed by atoms with van der Waals surface area (Å²) in [4.78, 5) is 2.42. The van der Waals surface area contributed by atoms with E-state index in [0.29, 0.717) is 6.04 Å². The minimum atomic E-state index is 0.601. The Morgan fingerprint density at radius 1 is 1.75 bits per heavy atom. The van der Waals surface area contributed by atoms with Crippen LogP contribution in [0.15, 0.2) is 12.7 Å². The second-order valence-corrected chi connectivity index (χ2v) is 3.26. The van der Waals surface area contributed by atoms with Crippen LogP contribution in [0.25, 0.3) is 0 Å². The van der Waals surface area contributed by atoms with E-state index in [1.54, 1.807) is 0 Å². The SMILES string of the molecule is C=CCN1CCNC(CNC)C1. The van der Waals surface area contributed by atoms with Crippen LogP contribution in [0.4, 0.5) is 0 Å². The fourth-order valence-corrected chi connectivity index (χ4v) is 1.63. The molecule has 3 nitrogen and oxygen atoms in total. The first-order valence-corrected chi connectivity index (χ1v) is 4.58. The Morgan fingerprint density at radius 2 is 2.58 bits per heavy atom. The summed E-state index contributed by atoms with van der Waals surface area (Å²) in [5.74, 6) is 0. The zero-order valence-corrected chi connectivity index (χ0v) is 7.84. The van der Waals surface area contributed by atoms with Gasteiger partial charge in [-0.05, 0) is 7.05 Å². The molecule has 2 N–H and O–H groups in total. The lowest BCUT2D eigenvalue weighted by molar-refractivity contribution is 0.217. The molecule has 0 saturated carbocycles. The molecule has 70 valence electrons. The van der Waals surface area contributed by atoms with Crippen molar-refractivity contribution in [3.05, 3.63) is 12.7 Å². The van der Waals surface area contributed by atoms with Crippen molar-refractivity contribution in [2.45, 2.75) is 6.04 Å². The summed E-state index contributed by atoms with van der Waals surface area (Å²) in [6, 6.07) is 0.601. The summed E-state index contributed by atoms with van der Waals surface area (Å²) in [5.41, 5.74) is 0. The van der Waals surface area contributed by atoms with Gasteiger partial charge in [-0.3, -0.25) is 4.90 Å². The third kappa shape index (κ3) is 2.93. The van der Waals surface area contributed by atoms with Gasteiger partial charge in [0.2, 0.25) is 0 Å². The van der Waals surface area contributed by atoms with E-state index in [4.69, 9.17) is 0 Å². The number of hydrogen-bond acceptors (Lipinski definition) is 3. The third-order valence-electron chi connectivity index (χ3n) is 2.18. The first kappa shape index (κ1) is 9.71. The highest BCUT2D eigenvalue weighted by Gasteiger charge is 2.16. The van der Waals surface area contributed by atoms with E-state index in [-0.39, 0.29) is 0 Å². The molecule has 0 bridgehead atoms. The van der Waals surface area contributed by atoms with E-state index >= 15 is 0 Å². The van der Waals surface area contributed by atoms with Crippen molar-refractivity contribution in [2.24, 2.45) is 0 Å². The first-order chi connectivity index (χ1) is 5.86. The quantitative estimate of drug-likeness (QED) is 0.564. The topological polar surface area (TPSA) is 27.3 Å². The van der Waals surface area contributed by atoms with Crippen LogP contribution < -0.4 is 10.6 Å². The van der Waals surface area contributed by atoms with E-state index < -0.39 is 0 Å². The van der Waals surface area contributed by atoms with Crippen LogP contribution in [0.1, 0.15) is 0 Å². The monoisotopic (exact) mass is 169 g/mol. The van der Waals surface area contributed by atoms with Gasteiger partial charge in [0, 0.05) is 38.8 Å². The van der Waals surface area contributed by atoms with Crippen molar-refractivity contribution >= 4 is 0 Å². The average Bonchev–Trinajstić information content (AvgIpc) is 2.06. The van der Waals surface area contributed by atoms with E-state index in [1.807, 2.05) is 13.1 Å². The third-order valence-corrected chi connectivity index (χ3v) is 2.18. The second kappa shape index (κ2) is 5.30. The maximum Gasteiger partial charge on any atom is 0.0320 e. The molecule has 0 aromatic carbocycles. The Bertz CT molecular complexity index is 134. The predicted octanol–water partition coefficient (Wildman–Crippen LogP) is -0.334. The number of nitrogens with zero attached hydrogens (tertiary/aromatic N) is 1. The van der Waals surface area contributed by atoms with E-state index in [0.717, 1.165) is 32.7 Å². The lowest BCUT2D eigenvalue weighted by atomic mass is 10.2. The van der Waals surface area contributed by atoms with Gasteiger partial charge in [-0.15, -0.1) is 6.58 Å². The van der Waals surface area contributed by atoms with Crippen LogP contribution in [0.3, 0.4) is 0 Å². The van der Waals surface area contributed by atoms with Gasteiger partial charge in [0.1, 0.15) is 0 Å². The molecular formula is C9H19N3. The highest BCUT2D eigenvalue weighted by atomic mass is 15.2. The molecular weight excluding hydrogens is 150 g/mol. The van der Waals surface area contributed by atoms with Gasteiger partial charge >= 0.3 is 0 Å². The van der Waals surface area contributed by atoms with Crippen molar-refractivity contribution in [1.82, 2.24) is 15.5 Å². The molecule has 0 aromatic heterocycles. The molecule has 1 aliphatic heterocycles. The lowest BCUT2D eigenvalue weighted by Crippen LogP contribution is -2.53. The standard InChI is InChI=1S/C9H19N3/c1-3-5-12-6-4-11-9(8-12)7-10-2/h3,9-11H,1,4-8H2,2H3. The number of likely N-dealkylation sites (N-methyl/N-ethyl adjacent to an activating group) is 1. The van der Waals surface area contributed by atoms with Crippen LogP contribution in [0, 0.1) is 0 Å². The van der Waals surface area contributed by atoms with Crippen molar-refractivity contribution < 1.29 is 0 Å². The molecule has 0 aromatic rings. The van der Waals surface area contributed by atoms with Crippen molar-refractivity contribution in [3.8, 4) is 0 Å². The Hall–Kier alpha value is -0.380. The van der Waals surface area contributed by atoms with Crippen LogP contribution in [-0.4, -0.2) is 50.7 Å². The summed E-state index contributed by atoms with van der Waals surface area (Å²) in [6.45, 7) is 9.19. The summed E-state index contributed by atoms with van der Waals surface area (Å²) >= 11 is 0. The summed E-state index contributed by atoms with van der Waals surface area (Å²) in [7, 11) is 1.99. The molecule has 0 spiro atoms. The highest BCUT2D eigenvalue weighted by molar-refractivity contribution is 4.83. The molecule has 0 aliphatic carbocycles. The van der Waals surface area contributed by atoms with Crippen LogP contribution in [0.5, 0.6) is 0 Å². The Morgan fingerprint density at radius 3 is 3.25 bits per heavy atom. The zero-order valence-electron chi connectivity index (χ0n) is 7.84. The Kier molecular flexibility index (Phi) is 4.29. The first-order valence-electron chi connectivity index (χ1n) is 4.58. The molecule has 12 heavy (non-hydrogen) atoms. The smallest absolute Gasteiger partial charge is 0.0320 e. The fourth-order valence-electron chi connectivity index (χ4n) is 1.63. The van der Waals surface area contributed by atoms with Gasteiger partial charge in [-0.1, -0.05) is 6.08 Å². The molecule has 1 heterocycles. The fraction of sp³-hybridized carbons (Fsp3) is 0.778. The molecule has 1 unspecified atom stereocenters. The lowest BCUT2D eigenvalue weighted by Gasteiger charge is -2.32. The van der Waals surface area contributed by atoms with Crippen molar-refractivity contribution in [1.29, 1.82) is 0 Å². The molecule has 1 saturated heterocycles. The van der Waals surface area contributed by atoms with E-state index in [9.17, 15) is 0 Å². The van der Waals surface area contributed by atoms with Gasteiger partial charge in [0.25, 0.3) is 0 Å². The van der Waals surface area contributed by atoms with Crippen molar-refractivity contribution in [2.75, 3.05) is 39.8 Å². The largest absolute Gasteiger partial charge is 0.318 e. The van der Waals surface area contributed by atoms with Crippen LogP contribution in [-0.2, 0) is 0 Å². The molecule has 0 radical (unpaired) electrons. The minimum Gasteiger partial charge on any atom is -0.318 e. The Labute approximate surface area is 74.8 Å². The number of hydrogen-bond donors (Lipinski definition) is 2. The van der Waals surface area contributed by atoms with Gasteiger partial charge < -0.3 is 10.6 Å². The van der Waals surface area contributed by atoms with Crippen LogP contribution in [0.2, 0.25) is 0 Å². The molecule has 1 rings (SSSR count). The molecule has 1 aliphatic rings. The molecule has 0 amide bonds. The molecule has 1 atom stereocenters. The average molecular weight is 169 g/mol. The maximum absolute atomic E-state index is 3.75. The van der Waals surface area contributed by atoms with Gasteiger partial charge in [0.15, 0.2) is 0 Å². The molecule has 3 heteroatoms.